The lowest BCUT2D eigenvalue weighted by Gasteiger charge is -2.17. The number of nitrogens with one attached hydrogen (secondary N) is 1. The molecule has 3 heteroatoms. The zero-order chi connectivity index (χ0) is 10.5. The van der Waals surface area contributed by atoms with E-state index in [-0.39, 0.29) is 0 Å². The van der Waals surface area contributed by atoms with Crippen LogP contribution in [0.2, 0.25) is 0 Å². The van der Waals surface area contributed by atoms with Crippen molar-refractivity contribution in [3.05, 3.63) is 18.7 Å². The van der Waals surface area contributed by atoms with E-state index < -0.39 is 0 Å². The molecule has 0 spiro atoms. The van der Waals surface area contributed by atoms with Gasteiger partial charge in [-0.05, 0) is 25.2 Å². The first-order valence-corrected chi connectivity index (χ1v) is 6.09. The van der Waals surface area contributed by atoms with Crippen molar-refractivity contribution in [1.29, 1.82) is 0 Å². The normalized spacial score (nSPS) is 17.9. The van der Waals surface area contributed by atoms with Gasteiger partial charge in [0, 0.05) is 31.5 Å². The highest BCUT2D eigenvalue weighted by molar-refractivity contribution is 4.86. The van der Waals surface area contributed by atoms with Crippen molar-refractivity contribution in [2.75, 3.05) is 6.54 Å². The lowest BCUT2D eigenvalue weighted by atomic mass is 10.1. The molecule has 1 aliphatic carbocycles. The predicted molar refractivity (Wildman–Crippen MR) is 61.6 cm³/mol. The molecular weight excluding hydrogens is 186 g/mol. The van der Waals surface area contributed by atoms with Crippen molar-refractivity contribution < 1.29 is 0 Å². The molecule has 0 radical (unpaired) electrons. The minimum absolute atomic E-state index is 0.763. The lowest BCUT2D eigenvalue weighted by molar-refractivity contribution is 0.419. The number of hydrogen-bond donors (Lipinski definition) is 1. The van der Waals surface area contributed by atoms with Gasteiger partial charge >= 0.3 is 0 Å². The summed E-state index contributed by atoms with van der Waals surface area (Å²) >= 11 is 0. The second-order valence-corrected chi connectivity index (χ2v) is 4.49. The fourth-order valence-electron chi connectivity index (χ4n) is 2.11. The van der Waals surface area contributed by atoms with E-state index in [4.69, 9.17) is 0 Å². The summed E-state index contributed by atoms with van der Waals surface area (Å²) in [4.78, 5) is 4.04. The quantitative estimate of drug-likeness (QED) is 0.741. The number of hydrogen-bond acceptors (Lipinski definition) is 2. The van der Waals surface area contributed by atoms with Crippen molar-refractivity contribution >= 4 is 0 Å². The number of aromatic nitrogens is 2. The zero-order valence-corrected chi connectivity index (χ0v) is 9.52. The summed E-state index contributed by atoms with van der Waals surface area (Å²) in [6.07, 6.45) is 11.2. The van der Waals surface area contributed by atoms with E-state index in [2.05, 4.69) is 21.8 Å². The van der Waals surface area contributed by atoms with Gasteiger partial charge in [-0.25, -0.2) is 4.98 Å². The largest absolute Gasteiger partial charge is 0.336 e. The van der Waals surface area contributed by atoms with Gasteiger partial charge in [0.25, 0.3) is 0 Å². The van der Waals surface area contributed by atoms with Crippen LogP contribution in [0.4, 0.5) is 0 Å². The van der Waals surface area contributed by atoms with Crippen LogP contribution in [0.1, 0.15) is 32.6 Å². The van der Waals surface area contributed by atoms with E-state index >= 15 is 0 Å². The van der Waals surface area contributed by atoms with Gasteiger partial charge in [0.05, 0.1) is 6.33 Å². The molecular formula is C12H21N3. The summed E-state index contributed by atoms with van der Waals surface area (Å²) in [6, 6.07) is 0.763. The van der Waals surface area contributed by atoms with Crippen LogP contribution in [0.15, 0.2) is 18.7 Å². The first kappa shape index (κ1) is 10.7. The Morgan fingerprint density at radius 2 is 2.40 bits per heavy atom. The maximum atomic E-state index is 4.04. The summed E-state index contributed by atoms with van der Waals surface area (Å²) < 4.78 is 2.13. The fraction of sp³-hybridized carbons (Fsp3) is 0.750. The highest BCUT2D eigenvalue weighted by Gasteiger charge is 2.29. The smallest absolute Gasteiger partial charge is 0.0946 e. The fourth-order valence-corrected chi connectivity index (χ4v) is 2.11. The van der Waals surface area contributed by atoms with Crippen LogP contribution in [0.3, 0.4) is 0 Å². The first-order valence-electron chi connectivity index (χ1n) is 6.09. The molecule has 1 saturated carbocycles. The van der Waals surface area contributed by atoms with Crippen LogP contribution in [0.5, 0.6) is 0 Å². The standard InChI is InChI=1S/C12H21N3/c1-2-3-12(11-4-5-11)14-7-9-15-8-6-13-10-15/h6,8,10-12,14H,2-5,7,9H2,1H3. The topological polar surface area (TPSA) is 29.9 Å². The van der Waals surface area contributed by atoms with Gasteiger partial charge < -0.3 is 9.88 Å². The van der Waals surface area contributed by atoms with E-state index in [1.807, 2.05) is 18.7 Å². The average molecular weight is 207 g/mol. The number of nitrogens with zero attached hydrogens (tertiary/aromatic N) is 2. The van der Waals surface area contributed by atoms with Crippen LogP contribution in [0.25, 0.3) is 0 Å². The summed E-state index contributed by atoms with van der Waals surface area (Å²) in [5.41, 5.74) is 0. The maximum Gasteiger partial charge on any atom is 0.0946 e. The third-order valence-corrected chi connectivity index (χ3v) is 3.13. The third kappa shape index (κ3) is 3.34. The second-order valence-electron chi connectivity index (χ2n) is 4.49. The lowest BCUT2D eigenvalue weighted by Crippen LogP contribution is -2.33. The van der Waals surface area contributed by atoms with Crippen molar-refractivity contribution in [1.82, 2.24) is 14.9 Å². The van der Waals surface area contributed by atoms with Gasteiger partial charge in [-0.15, -0.1) is 0 Å². The van der Waals surface area contributed by atoms with Gasteiger partial charge in [0.1, 0.15) is 0 Å². The van der Waals surface area contributed by atoms with Crippen LogP contribution < -0.4 is 5.32 Å². The molecule has 3 nitrogen and oxygen atoms in total. The molecule has 1 fully saturated rings. The van der Waals surface area contributed by atoms with Crippen LogP contribution in [-0.2, 0) is 6.54 Å². The van der Waals surface area contributed by atoms with E-state index in [0.717, 1.165) is 25.0 Å². The second kappa shape index (κ2) is 5.31. The zero-order valence-electron chi connectivity index (χ0n) is 9.52. The van der Waals surface area contributed by atoms with E-state index in [1.54, 1.807) is 0 Å². The molecule has 1 atom stereocenters. The van der Waals surface area contributed by atoms with Gasteiger partial charge in [-0.3, -0.25) is 0 Å². The third-order valence-electron chi connectivity index (χ3n) is 3.13. The Bertz CT molecular complexity index is 264. The molecule has 1 N–H and O–H groups in total. The molecule has 0 aliphatic heterocycles. The maximum absolute atomic E-state index is 4.04. The molecule has 2 rings (SSSR count). The molecule has 1 heterocycles. The molecule has 84 valence electrons. The molecule has 15 heavy (non-hydrogen) atoms. The van der Waals surface area contributed by atoms with Crippen LogP contribution in [-0.4, -0.2) is 22.1 Å². The molecule has 0 aromatic carbocycles. The molecule has 0 amide bonds. The van der Waals surface area contributed by atoms with E-state index in [1.165, 1.54) is 25.7 Å². The molecule has 1 aromatic heterocycles. The van der Waals surface area contributed by atoms with Gasteiger partial charge in [0.15, 0.2) is 0 Å². The predicted octanol–water partition coefficient (Wildman–Crippen LogP) is 2.05. The van der Waals surface area contributed by atoms with Crippen molar-refractivity contribution in [3.8, 4) is 0 Å². The number of rotatable bonds is 7. The van der Waals surface area contributed by atoms with Gasteiger partial charge in [-0.1, -0.05) is 13.3 Å². The molecule has 1 aliphatic rings. The Morgan fingerprint density at radius 1 is 1.53 bits per heavy atom. The Kier molecular flexibility index (Phi) is 3.78. The summed E-state index contributed by atoms with van der Waals surface area (Å²) in [5, 5.41) is 3.67. The minimum atomic E-state index is 0.763. The minimum Gasteiger partial charge on any atom is -0.336 e. The van der Waals surface area contributed by atoms with Crippen molar-refractivity contribution in [2.24, 2.45) is 5.92 Å². The molecule has 1 aromatic rings. The van der Waals surface area contributed by atoms with E-state index in [0.29, 0.717) is 0 Å². The Morgan fingerprint density at radius 3 is 3.00 bits per heavy atom. The average Bonchev–Trinajstić information content (AvgIpc) is 2.96. The first-order chi connectivity index (χ1) is 7.40. The monoisotopic (exact) mass is 207 g/mol. The number of imidazole rings is 1. The SMILES string of the molecule is CCCC(NCCn1ccnc1)C1CC1. The van der Waals surface area contributed by atoms with Crippen LogP contribution in [0, 0.1) is 5.92 Å². The van der Waals surface area contributed by atoms with Gasteiger partial charge in [-0.2, -0.15) is 0 Å². The van der Waals surface area contributed by atoms with Crippen molar-refractivity contribution in [2.45, 2.75) is 45.2 Å². The molecule has 0 bridgehead atoms. The summed E-state index contributed by atoms with van der Waals surface area (Å²) in [6.45, 7) is 4.37. The molecule has 0 saturated heterocycles. The molecule has 1 unspecified atom stereocenters. The summed E-state index contributed by atoms with van der Waals surface area (Å²) in [5.74, 6) is 0.965. The van der Waals surface area contributed by atoms with Crippen molar-refractivity contribution in [3.63, 3.8) is 0 Å². The highest BCUT2D eigenvalue weighted by Crippen LogP contribution is 2.34. The highest BCUT2D eigenvalue weighted by atomic mass is 15.1. The Balaban J connectivity index is 1.66. The Hall–Kier alpha value is -0.830. The summed E-state index contributed by atoms with van der Waals surface area (Å²) in [7, 11) is 0. The van der Waals surface area contributed by atoms with Crippen LogP contribution >= 0.6 is 0 Å². The Labute approximate surface area is 91.9 Å². The van der Waals surface area contributed by atoms with Gasteiger partial charge in [0.2, 0.25) is 0 Å². The van der Waals surface area contributed by atoms with E-state index in [9.17, 15) is 0 Å².